The third-order valence-electron chi connectivity index (χ3n) is 3.52. The molecule has 3 atom stereocenters. The Kier molecular flexibility index (Phi) is 6.59. The molecule has 0 heterocycles. The van der Waals surface area contributed by atoms with Crippen molar-refractivity contribution >= 4 is 11.6 Å². The Morgan fingerprint density at radius 2 is 1.75 bits per heavy atom. The van der Waals surface area contributed by atoms with E-state index >= 15 is 0 Å². The van der Waals surface area contributed by atoms with E-state index in [0.29, 0.717) is 22.9 Å². The molecule has 1 aromatic rings. The van der Waals surface area contributed by atoms with Gasteiger partial charge < -0.3 is 19.7 Å². The SMILES string of the molecule is CCC(CC(O)C(C)O)c1cc(OC)c(Cl)cc1OC. The van der Waals surface area contributed by atoms with E-state index in [1.807, 2.05) is 13.0 Å². The van der Waals surface area contributed by atoms with Crippen LogP contribution >= 0.6 is 11.6 Å². The lowest BCUT2D eigenvalue weighted by Crippen LogP contribution is -2.24. The van der Waals surface area contributed by atoms with E-state index in [9.17, 15) is 10.2 Å². The Labute approximate surface area is 125 Å². The summed E-state index contributed by atoms with van der Waals surface area (Å²) in [7, 11) is 3.14. The van der Waals surface area contributed by atoms with Crippen molar-refractivity contribution in [3.05, 3.63) is 22.7 Å². The molecule has 4 nitrogen and oxygen atoms in total. The molecule has 0 aliphatic rings. The van der Waals surface area contributed by atoms with Crippen molar-refractivity contribution < 1.29 is 19.7 Å². The van der Waals surface area contributed by atoms with E-state index in [1.165, 1.54) is 0 Å². The van der Waals surface area contributed by atoms with Crippen LogP contribution in [-0.4, -0.2) is 36.6 Å². The minimum Gasteiger partial charge on any atom is -0.496 e. The maximum atomic E-state index is 9.89. The van der Waals surface area contributed by atoms with Crippen LogP contribution in [0.1, 0.15) is 38.2 Å². The maximum Gasteiger partial charge on any atom is 0.138 e. The lowest BCUT2D eigenvalue weighted by molar-refractivity contribution is 0.0213. The highest BCUT2D eigenvalue weighted by atomic mass is 35.5. The second-order valence-corrected chi connectivity index (χ2v) is 5.28. The van der Waals surface area contributed by atoms with Crippen LogP contribution in [0.4, 0.5) is 0 Å². The molecule has 3 unspecified atom stereocenters. The molecule has 1 rings (SSSR count). The lowest BCUT2D eigenvalue weighted by Gasteiger charge is -2.23. The van der Waals surface area contributed by atoms with E-state index in [0.717, 1.165) is 12.0 Å². The number of hydrogen-bond donors (Lipinski definition) is 2. The zero-order valence-electron chi connectivity index (χ0n) is 12.4. The summed E-state index contributed by atoms with van der Waals surface area (Å²) in [5, 5.41) is 19.8. The van der Waals surface area contributed by atoms with Crippen LogP contribution in [0.5, 0.6) is 11.5 Å². The van der Waals surface area contributed by atoms with Gasteiger partial charge in [-0.25, -0.2) is 0 Å². The van der Waals surface area contributed by atoms with Gasteiger partial charge in [0.25, 0.3) is 0 Å². The van der Waals surface area contributed by atoms with Gasteiger partial charge in [-0.2, -0.15) is 0 Å². The molecule has 5 heteroatoms. The van der Waals surface area contributed by atoms with Crippen molar-refractivity contribution in [2.75, 3.05) is 14.2 Å². The molecule has 114 valence electrons. The first kappa shape index (κ1) is 17.1. The fourth-order valence-corrected chi connectivity index (χ4v) is 2.44. The van der Waals surface area contributed by atoms with E-state index in [-0.39, 0.29) is 5.92 Å². The number of ether oxygens (including phenoxy) is 2. The number of aliphatic hydroxyl groups is 2. The third kappa shape index (κ3) is 4.01. The van der Waals surface area contributed by atoms with Crippen molar-refractivity contribution in [2.45, 2.75) is 44.8 Å². The Morgan fingerprint density at radius 3 is 2.20 bits per heavy atom. The molecule has 2 N–H and O–H groups in total. The van der Waals surface area contributed by atoms with Crippen LogP contribution in [0.2, 0.25) is 5.02 Å². The molecule has 0 saturated carbocycles. The van der Waals surface area contributed by atoms with E-state index in [1.54, 1.807) is 27.2 Å². The van der Waals surface area contributed by atoms with Crippen LogP contribution in [0.3, 0.4) is 0 Å². The standard InChI is InChI=1S/C15H23ClO4/c1-5-10(6-13(18)9(2)17)11-7-15(20-4)12(16)8-14(11)19-3/h7-10,13,17-18H,5-6H2,1-4H3. The maximum absolute atomic E-state index is 9.89. The molecular formula is C15H23ClO4. The monoisotopic (exact) mass is 302 g/mol. The molecule has 0 saturated heterocycles. The van der Waals surface area contributed by atoms with Gasteiger partial charge in [0.05, 0.1) is 31.5 Å². The summed E-state index contributed by atoms with van der Waals surface area (Å²) >= 11 is 6.09. The Morgan fingerprint density at radius 1 is 1.15 bits per heavy atom. The van der Waals surface area contributed by atoms with Crippen LogP contribution in [0.25, 0.3) is 0 Å². The van der Waals surface area contributed by atoms with Gasteiger partial charge in [-0.05, 0) is 31.7 Å². The van der Waals surface area contributed by atoms with Gasteiger partial charge in [-0.1, -0.05) is 18.5 Å². The minimum absolute atomic E-state index is 0.0562. The Balaban J connectivity index is 3.12. The molecule has 0 radical (unpaired) electrons. The summed E-state index contributed by atoms with van der Waals surface area (Å²) in [4.78, 5) is 0. The van der Waals surface area contributed by atoms with Gasteiger partial charge in [0.2, 0.25) is 0 Å². The summed E-state index contributed by atoms with van der Waals surface area (Å²) in [6.45, 7) is 3.61. The molecule has 20 heavy (non-hydrogen) atoms. The van der Waals surface area contributed by atoms with Gasteiger partial charge in [0.1, 0.15) is 11.5 Å². The Hall–Kier alpha value is -0.970. The van der Waals surface area contributed by atoms with Crippen LogP contribution in [-0.2, 0) is 0 Å². The highest BCUT2D eigenvalue weighted by Crippen LogP contribution is 2.39. The molecule has 0 aromatic heterocycles. The molecule has 0 aliphatic carbocycles. The third-order valence-corrected chi connectivity index (χ3v) is 3.82. The first-order valence-electron chi connectivity index (χ1n) is 6.72. The van der Waals surface area contributed by atoms with Gasteiger partial charge in [-0.3, -0.25) is 0 Å². The lowest BCUT2D eigenvalue weighted by atomic mass is 9.88. The number of hydrogen-bond acceptors (Lipinski definition) is 4. The number of halogens is 1. The van der Waals surface area contributed by atoms with Crippen molar-refractivity contribution in [2.24, 2.45) is 0 Å². The van der Waals surface area contributed by atoms with Crippen molar-refractivity contribution in [3.8, 4) is 11.5 Å². The number of benzene rings is 1. The fourth-order valence-electron chi connectivity index (χ4n) is 2.21. The average molecular weight is 303 g/mol. The van der Waals surface area contributed by atoms with Crippen molar-refractivity contribution in [1.29, 1.82) is 0 Å². The number of rotatable bonds is 7. The van der Waals surface area contributed by atoms with Crippen molar-refractivity contribution in [1.82, 2.24) is 0 Å². The summed E-state index contributed by atoms with van der Waals surface area (Å²) in [5.41, 5.74) is 0.927. The van der Waals surface area contributed by atoms with Gasteiger partial charge in [-0.15, -0.1) is 0 Å². The predicted octanol–water partition coefficient (Wildman–Crippen LogP) is 2.98. The van der Waals surface area contributed by atoms with E-state index in [2.05, 4.69) is 0 Å². The smallest absolute Gasteiger partial charge is 0.138 e. The Bertz CT molecular complexity index is 434. The minimum atomic E-state index is -0.772. The summed E-state index contributed by atoms with van der Waals surface area (Å²) < 4.78 is 10.6. The van der Waals surface area contributed by atoms with Crippen LogP contribution < -0.4 is 9.47 Å². The van der Waals surface area contributed by atoms with Gasteiger partial charge in [0.15, 0.2) is 0 Å². The highest BCUT2D eigenvalue weighted by Gasteiger charge is 2.22. The predicted molar refractivity (Wildman–Crippen MR) is 79.9 cm³/mol. The largest absolute Gasteiger partial charge is 0.496 e. The fraction of sp³-hybridized carbons (Fsp3) is 0.600. The van der Waals surface area contributed by atoms with Gasteiger partial charge >= 0.3 is 0 Å². The van der Waals surface area contributed by atoms with E-state index in [4.69, 9.17) is 21.1 Å². The number of methoxy groups -OCH3 is 2. The van der Waals surface area contributed by atoms with Crippen LogP contribution in [0, 0.1) is 0 Å². The zero-order valence-corrected chi connectivity index (χ0v) is 13.1. The highest BCUT2D eigenvalue weighted by molar-refractivity contribution is 6.32. The van der Waals surface area contributed by atoms with Crippen LogP contribution in [0.15, 0.2) is 12.1 Å². The average Bonchev–Trinajstić information content (AvgIpc) is 2.44. The molecular weight excluding hydrogens is 280 g/mol. The summed E-state index contributed by atoms with van der Waals surface area (Å²) in [6, 6.07) is 3.55. The first-order valence-corrected chi connectivity index (χ1v) is 7.09. The second kappa shape index (κ2) is 7.72. The van der Waals surface area contributed by atoms with Gasteiger partial charge in [0, 0.05) is 11.6 Å². The zero-order chi connectivity index (χ0) is 15.3. The molecule has 0 aliphatic heterocycles. The molecule has 1 aromatic carbocycles. The molecule has 0 fully saturated rings. The first-order chi connectivity index (χ1) is 9.44. The van der Waals surface area contributed by atoms with Crippen molar-refractivity contribution in [3.63, 3.8) is 0 Å². The second-order valence-electron chi connectivity index (χ2n) is 4.88. The summed E-state index contributed by atoms with van der Waals surface area (Å²) in [6.07, 6.45) is -0.268. The topological polar surface area (TPSA) is 58.9 Å². The summed E-state index contributed by atoms with van der Waals surface area (Å²) in [5.74, 6) is 1.30. The quantitative estimate of drug-likeness (QED) is 0.813. The number of aliphatic hydroxyl groups excluding tert-OH is 2. The molecule has 0 amide bonds. The normalized spacial score (nSPS) is 15.6. The molecule has 0 spiro atoms. The molecule has 0 bridgehead atoms. The van der Waals surface area contributed by atoms with E-state index < -0.39 is 12.2 Å².